The lowest BCUT2D eigenvalue weighted by Crippen LogP contribution is -2.21. The topological polar surface area (TPSA) is 112 Å². The maximum Gasteiger partial charge on any atom is 0.231 e. The van der Waals surface area contributed by atoms with Crippen LogP contribution in [0.3, 0.4) is 0 Å². The van der Waals surface area contributed by atoms with Gasteiger partial charge in [0.1, 0.15) is 0 Å². The summed E-state index contributed by atoms with van der Waals surface area (Å²) >= 11 is 0. The quantitative estimate of drug-likeness (QED) is 0.841. The minimum Gasteiger partial charge on any atom is -0.493 e. The van der Waals surface area contributed by atoms with Crippen LogP contribution in [0.5, 0.6) is 11.5 Å². The number of nitrogens with two attached hydrogens (primary N) is 2. The van der Waals surface area contributed by atoms with E-state index in [9.17, 15) is 0 Å². The SMILES string of the molecule is COc1cc(C)c(CN(C)c2nc(N)nc(N)n2)cc1OC. The third kappa shape index (κ3) is 3.27. The molecule has 1 aromatic heterocycles. The number of ether oxygens (including phenoxy) is 2. The molecule has 2 aromatic rings. The largest absolute Gasteiger partial charge is 0.493 e. The highest BCUT2D eigenvalue weighted by atomic mass is 16.5. The van der Waals surface area contributed by atoms with Gasteiger partial charge >= 0.3 is 0 Å². The Kier molecular flexibility index (Phi) is 4.50. The zero-order valence-electron chi connectivity index (χ0n) is 13.1. The molecular formula is C14H20N6O2. The van der Waals surface area contributed by atoms with Crippen molar-refractivity contribution in [3.8, 4) is 11.5 Å². The van der Waals surface area contributed by atoms with E-state index in [0.29, 0.717) is 24.0 Å². The molecule has 22 heavy (non-hydrogen) atoms. The molecule has 1 heterocycles. The number of methoxy groups -OCH3 is 2. The third-order valence-corrected chi connectivity index (χ3v) is 3.25. The molecule has 0 bridgehead atoms. The van der Waals surface area contributed by atoms with Gasteiger partial charge in [-0.3, -0.25) is 0 Å². The summed E-state index contributed by atoms with van der Waals surface area (Å²) in [6, 6.07) is 3.86. The molecule has 0 aliphatic heterocycles. The van der Waals surface area contributed by atoms with E-state index in [0.717, 1.165) is 11.1 Å². The number of benzene rings is 1. The van der Waals surface area contributed by atoms with Crippen molar-refractivity contribution in [1.82, 2.24) is 15.0 Å². The van der Waals surface area contributed by atoms with Crippen molar-refractivity contribution >= 4 is 17.8 Å². The molecule has 118 valence electrons. The van der Waals surface area contributed by atoms with E-state index >= 15 is 0 Å². The lowest BCUT2D eigenvalue weighted by atomic mass is 10.1. The fourth-order valence-electron chi connectivity index (χ4n) is 2.09. The molecular weight excluding hydrogens is 284 g/mol. The van der Waals surface area contributed by atoms with Crippen molar-refractivity contribution < 1.29 is 9.47 Å². The first-order chi connectivity index (χ1) is 10.4. The molecule has 0 aliphatic carbocycles. The Hall–Kier alpha value is -2.77. The summed E-state index contributed by atoms with van der Waals surface area (Å²) in [4.78, 5) is 13.8. The summed E-state index contributed by atoms with van der Waals surface area (Å²) in [5, 5.41) is 0. The highest BCUT2D eigenvalue weighted by molar-refractivity contribution is 5.48. The van der Waals surface area contributed by atoms with Gasteiger partial charge in [0.2, 0.25) is 17.8 Å². The highest BCUT2D eigenvalue weighted by Crippen LogP contribution is 2.31. The van der Waals surface area contributed by atoms with Gasteiger partial charge in [-0.1, -0.05) is 0 Å². The van der Waals surface area contributed by atoms with E-state index in [-0.39, 0.29) is 11.9 Å². The van der Waals surface area contributed by atoms with Gasteiger partial charge in [-0.15, -0.1) is 0 Å². The van der Waals surface area contributed by atoms with Crippen LogP contribution in [-0.2, 0) is 6.54 Å². The fourth-order valence-corrected chi connectivity index (χ4v) is 2.09. The van der Waals surface area contributed by atoms with Gasteiger partial charge in [0, 0.05) is 13.6 Å². The van der Waals surface area contributed by atoms with Crippen LogP contribution in [-0.4, -0.2) is 36.2 Å². The van der Waals surface area contributed by atoms with E-state index in [2.05, 4.69) is 15.0 Å². The Morgan fingerprint density at radius 1 is 1.00 bits per heavy atom. The number of nitrogen functional groups attached to an aromatic ring is 2. The highest BCUT2D eigenvalue weighted by Gasteiger charge is 2.13. The molecule has 0 radical (unpaired) electrons. The van der Waals surface area contributed by atoms with E-state index in [1.807, 2.05) is 31.0 Å². The number of aromatic nitrogens is 3. The molecule has 0 amide bonds. The predicted octanol–water partition coefficient (Wildman–Crippen LogP) is 0.998. The average Bonchev–Trinajstić information content (AvgIpc) is 2.47. The second-order valence-electron chi connectivity index (χ2n) is 4.84. The van der Waals surface area contributed by atoms with E-state index in [1.165, 1.54) is 0 Å². The van der Waals surface area contributed by atoms with Crippen LogP contribution in [0.15, 0.2) is 12.1 Å². The monoisotopic (exact) mass is 304 g/mol. The van der Waals surface area contributed by atoms with E-state index in [1.54, 1.807) is 14.2 Å². The summed E-state index contributed by atoms with van der Waals surface area (Å²) < 4.78 is 10.6. The first-order valence-corrected chi connectivity index (χ1v) is 6.64. The zero-order valence-corrected chi connectivity index (χ0v) is 13.1. The van der Waals surface area contributed by atoms with Crippen molar-refractivity contribution in [3.63, 3.8) is 0 Å². The van der Waals surface area contributed by atoms with Gasteiger partial charge < -0.3 is 25.8 Å². The summed E-state index contributed by atoms with van der Waals surface area (Å²) in [7, 11) is 5.07. The summed E-state index contributed by atoms with van der Waals surface area (Å²) in [6.07, 6.45) is 0. The molecule has 4 N–H and O–H groups in total. The van der Waals surface area contributed by atoms with Crippen molar-refractivity contribution in [2.24, 2.45) is 0 Å². The lowest BCUT2D eigenvalue weighted by molar-refractivity contribution is 0.354. The Balaban J connectivity index is 2.29. The van der Waals surface area contributed by atoms with Crippen LogP contribution in [0.1, 0.15) is 11.1 Å². The molecule has 1 aromatic carbocycles. The van der Waals surface area contributed by atoms with Crippen LogP contribution >= 0.6 is 0 Å². The van der Waals surface area contributed by atoms with Crippen LogP contribution in [0.25, 0.3) is 0 Å². The Morgan fingerprint density at radius 2 is 1.55 bits per heavy atom. The zero-order chi connectivity index (χ0) is 16.3. The maximum atomic E-state index is 5.60. The molecule has 8 heteroatoms. The molecule has 0 unspecified atom stereocenters. The molecule has 0 spiro atoms. The molecule has 0 atom stereocenters. The smallest absolute Gasteiger partial charge is 0.231 e. The van der Waals surface area contributed by atoms with Crippen molar-refractivity contribution in [2.45, 2.75) is 13.5 Å². The lowest BCUT2D eigenvalue weighted by Gasteiger charge is -2.20. The first-order valence-electron chi connectivity index (χ1n) is 6.64. The molecule has 0 aliphatic rings. The number of aryl methyl sites for hydroxylation is 1. The van der Waals surface area contributed by atoms with Gasteiger partial charge in [0.25, 0.3) is 0 Å². The Labute approximate surface area is 129 Å². The summed E-state index contributed by atoms with van der Waals surface area (Å²) in [5.74, 6) is 1.97. The van der Waals surface area contributed by atoms with Crippen molar-refractivity contribution in [2.75, 3.05) is 37.6 Å². The molecule has 8 nitrogen and oxygen atoms in total. The molecule has 2 rings (SSSR count). The van der Waals surface area contributed by atoms with Crippen LogP contribution < -0.4 is 25.8 Å². The van der Waals surface area contributed by atoms with Crippen LogP contribution in [0, 0.1) is 6.92 Å². The Morgan fingerprint density at radius 3 is 2.09 bits per heavy atom. The number of anilines is 3. The standard InChI is InChI=1S/C14H20N6O2/c1-8-5-10(21-3)11(22-4)6-9(8)7-20(2)14-18-12(15)17-13(16)19-14/h5-6H,7H2,1-4H3,(H4,15,16,17,18,19). The second-order valence-corrected chi connectivity index (χ2v) is 4.84. The van der Waals surface area contributed by atoms with Gasteiger partial charge in [-0.05, 0) is 30.2 Å². The number of hydrogen-bond acceptors (Lipinski definition) is 8. The second kappa shape index (κ2) is 6.33. The van der Waals surface area contributed by atoms with Crippen molar-refractivity contribution in [1.29, 1.82) is 0 Å². The van der Waals surface area contributed by atoms with Crippen LogP contribution in [0.4, 0.5) is 17.8 Å². The van der Waals surface area contributed by atoms with Crippen LogP contribution in [0.2, 0.25) is 0 Å². The Bertz CT molecular complexity index is 656. The number of hydrogen-bond donors (Lipinski definition) is 2. The minimum absolute atomic E-state index is 0.0957. The summed E-state index contributed by atoms with van der Waals surface area (Å²) in [6.45, 7) is 2.57. The molecule has 0 saturated carbocycles. The van der Waals surface area contributed by atoms with Gasteiger partial charge in [-0.25, -0.2) is 0 Å². The first kappa shape index (κ1) is 15.6. The van der Waals surface area contributed by atoms with Gasteiger partial charge in [-0.2, -0.15) is 15.0 Å². The fraction of sp³-hybridized carbons (Fsp3) is 0.357. The minimum atomic E-state index is 0.0957. The van der Waals surface area contributed by atoms with E-state index in [4.69, 9.17) is 20.9 Å². The average molecular weight is 304 g/mol. The predicted molar refractivity (Wildman–Crippen MR) is 85.0 cm³/mol. The molecule has 0 fully saturated rings. The van der Waals surface area contributed by atoms with E-state index < -0.39 is 0 Å². The molecule has 0 saturated heterocycles. The number of rotatable bonds is 5. The van der Waals surface area contributed by atoms with Crippen molar-refractivity contribution in [3.05, 3.63) is 23.3 Å². The van der Waals surface area contributed by atoms with Gasteiger partial charge in [0.15, 0.2) is 11.5 Å². The van der Waals surface area contributed by atoms with Gasteiger partial charge in [0.05, 0.1) is 14.2 Å². The normalized spacial score (nSPS) is 10.4. The summed E-state index contributed by atoms with van der Waals surface area (Å²) in [5.41, 5.74) is 13.3. The number of nitrogens with zero attached hydrogens (tertiary/aromatic N) is 4. The third-order valence-electron chi connectivity index (χ3n) is 3.25. The maximum absolute atomic E-state index is 5.60.